The molecule has 0 N–H and O–H groups in total. The lowest BCUT2D eigenvalue weighted by molar-refractivity contribution is 0.476. The monoisotopic (exact) mass is 194 g/mol. The van der Waals surface area contributed by atoms with Crippen molar-refractivity contribution in [1.29, 1.82) is 0 Å². The zero-order valence-electron chi connectivity index (χ0n) is 10.9. The molecule has 0 aromatic heterocycles. The van der Waals surface area contributed by atoms with E-state index in [1.54, 1.807) is 0 Å². The Bertz CT molecular complexity index is 216. The molecule has 0 rings (SSSR count). The molecule has 0 spiro atoms. The van der Waals surface area contributed by atoms with E-state index < -0.39 is 0 Å². The zero-order chi connectivity index (χ0) is 11.3. The van der Waals surface area contributed by atoms with Gasteiger partial charge in [0, 0.05) is 0 Å². The molecule has 0 saturated heterocycles. The summed E-state index contributed by atoms with van der Waals surface area (Å²) in [6.45, 7) is 15.7. The largest absolute Gasteiger partial charge is 0.0839 e. The summed E-state index contributed by atoms with van der Waals surface area (Å²) in [5, 5.41) is 0. The fourth-order valence-electron chi connectivity index (χ4n) is 1.88. The van der Waals surface area contributed by atoms with Gasteiger partial charge in [0.15, 0.2) is 0 Å². The first kappa shape index (κ1) is 13.5. The first-order chi connectivity index (χ1) is 6.45. The fourth-order valence-corrected chi connectivity index (χ4v) is 1.88. The van der Waals surface area contributed by atoms with E-state index >= 15 is 0 Å². The van der Waals surface area contributed by atoms with Crippen LogP contribution in [0.5, 0.6) is 0 Å². The molecule has 0 radical (unpaired) electrons. The lowest BCUT2D eigenvalue weighted by Crippen LogP contribution is -2.12. The van der Waals surface area contributed by atoms with Crippen LogP contribution in [-0.4, -0.2) is 0 Å². The van der Waals surface area contributed by atoms with Crippen molar-refractivity contribution in [3.63, 3.8) is 0 Å². The van der Waals surface area contributed by atoms with Gasteiger partial charge in [0.1, 0.15) is 0 Å². The van der Waals surface area contributed by atoms with Crippen molar-refractivity contribution < 1.29 is 0 Å². The Labute approximate surface area is 90.1 Å². The standard InChI is InChI=1S/C14H26/c1-8-13(11(5)6)14(9-2)12(7)10(3)4/h8-12H,1-7H3/b13-8+,14-9+/t12-/m1/s1. The molecular weight excluding hydrogens is 168 g/mol. The third kappa shape index (κ3) is 3.32. The van der Waals surface area contributed by atoms with E-state index in [9.17, 15) is 0 Å². The van der Waals surface area contributed by atoms with E-state index in [-0.39, 0.29) is 0 Å². The Kier molecular flexibility index (Phi) is 5.83. The summed E-state index contributed by atoms with van der Waals surface area (Å²) in [5.41, 5.74) is 3.03. The Morgan fingerprint density at radius 1 is 0.786 bits per heavy atom. The molecule has 0 nitrogen and oxygen atoms in total. The van der Waals surface area contributed by atoms with Crippen LogP contribution in [0.2, 0.25) is 0 Å². The van der Waals surface area contributed by atoms with Crippen LogP contribution < -0.4 is 0 Å². The molecule has 0 heteroatoms. The number of allylic oxidation sites excluding steroid dienone is 4. The molecule has 0 aliphatic carbocycles. The first-order valence-corrected chi connectivity index (χ1v) is 5.78. The van der Waals surface area contributed by atoms with Crippen molar-refractivity contribution in [3.05, 3.63) is 23.3 Å². The number of rotatable bonds is 4. The molecule has 0 fully saturated rings. The highest BCUT2D eigenvalue weighted by atomic mass is 14.2. The van der Waals surface area contributed by atoms with Gasteiger partial charge >= 0.3 is 0 Å². The molecule has 82 valence electrons. The molecule has 1 atom stereocenters. The zero-order valence-corrected chi connectivity index (χ0v) is 10.9. The maximum Gasteiger partial charge on any atom is -0.0168 e. The Morgan fingerprint density at radius 3 is 1.43 bits per heavy atom. The Balaban J connectivity index is 4.91. The Morgan fingerprint density at radius 2 is 1.21 bits per heavy atom. The van der Waals surface area contributed by atoms with Gasteiger partial charge < -0.3 is 0 Å². The van der Waals surface area contributed by atoms with Gasteiger partial charge in [-0.05, 0) is 42.7 Å². The van der Waals surface area contributed by atoms with Crippen LogP contribution in [0.25, 0.3) is 0 Å². The van der Waals surface area contributed by atoms with Crippen molar-refractivity contribution in [2.24, 2.45) is 17.8 Å². The molecule has 0 aliphatic rings. The predicted octanol–water partition coefficient (Wildman–Crippen LogP) is 4.83. The SMILES string of the molecule is C/C=C(/C(=C/C)[C@H](C)C(C)C)C(C)C. The summed E-state index contributed by atoms with van der Waals surface area (Å²) in [5.74, 6) is 2.01. The van der Waals surface area contributed by atoms with Crippen molar-refractivity contribution in [1.82, 2.24) is 0 Å². The fraction of sp³-hybridized carbons (Fsp3) is 0.714. The van der Waals surface area contributed by atoms with Gasteiger partial charge in [0.2, 0.25) is 0 Å². The summed E-state index contributed by atoms with van der Waals surface area (Å²) < 4.78 is 0. The van der Waals surface area contributed by atoms with Crippen LogP contribution in [-0.2, 0) is 0 Å². The van der Waals surface area contributed by atoms with Crippen molar-refractivity contribution in [3.8, 4) is 0 Å². The molecule has 0 aromatic rings. The molecule has 0 aliphatic heterocycles. The molecule has 0 saturated carbocycles. The van der Waals surface area contributed by atoms with Gasteiger partial charge in [-0.2, -0.15) is 0 Å². The summed E-state index contributed by atoms with van der Waals surface area (Å²) in [7, 11) is 0. The highest BCUT2D eigenvalue weighted by Crippen LogP contribution is 2.30. The van der Waals surface area contributed by atoms with E-state index in [0.717, 1.165) is 5.92 Å². The van der Waals surface area contributed by atoms with Crippen molar-refractivity contribution in [2.45, 2.75) is 48.5 Å². The maximum absolute atomic E-state index is 2.33. The second kappa shape index (κ2) is 6.06. The van der Waals surface area contributed by atoms with E-state index in [0.29, 0.717) is 11.8 Å². The Hall–Kier alpha value is -0.520. The highest BCUT2D eigenvalue weighted by molar-refractivity contribution is 5.33. The topological polar surface area (TPSA) is 0 Å². The maximum atomic E-state index is 2.33. The molecule has 0 aromatic carbocycles. The molecular formula is C14H26. The smallest absolute Gasteiger partial charge is 0.0168 e. The van der Waals surface area contributed by atoms with Crippen LogP contribution in [0, 0.1) is 17.8 Å². The molecule has 14 heavy (non-hydrogen) atoms. The number of hydrogen-bond donors (Lipinski definition) is 0. The van der Waals surface area contributed by atoms with Gasteiger partial charge in [-0.15, -0.1) is 0 Å². The van der Waals surface area contributed by atoms with Gasteiger partial charge in [-0.3, -0.25) is 0 Å². The van der Waals surface area contributed by atoms with Crippen LogP contribution in [0.1, 0.15) is 48.5 Å². The van der Waals surface area contributed by atoms with Crippen molar-refractivity contribution >= 4 is 0 Å². The summed E-state index contributed by atoms with van der Waals surface area (Å²) in [4.78, 5) is 0. The van der Waals surface area contributed by atoms with Crippen LogP contribution >= 0.6 is 0 Å². The average Bonchev–Trinajstić information content (AvgIpc) is 2.11. The first-order valence-electron chi connectivity index (χ1n) is 5.78. The molecule has 0 bridgehead atoms. The quantitative estimate of drug-likeness (QED) is 0.562. The van der Waals surface area contributed by atoms with Crippen molar-refractivity contribution in [2.75, 3.05) is 0 Å². The second-order valence-corrected chi connectivity index (χ2v) is 4.68. The van der Waals surface area contributed by atoms with Crippen LogP contribution in [0.4, 0.5) is 0 Å². The lowest BCUT2D eigenvalue weighted by atomic mass is 9.81. The van der Waals surface area contributed by atoms with E-state index in [2.05, 4.69) is 60.6 Å². The lowest BCUT2D eigenvalue weighted by Gasteiger charge is -2.24. The highest BCUT2D eigenvalue weighted by Gasteiger charge is 2.17. The van der Waals surface area contributed by atoms with Gasteiger partial charge in [0.25, 0.3) is 0 Å². The number of hydrogen-bond acceptors (Lipinski definition) is 0. The third-order valence-electron chi connectivity index (χ3n) is 3.07. The molecule has 0 unspecified atom stereocenters. The van der Waals surface area contributed by atoms with Crippen LogP contribution in [0.15, 0.2) is 23.3 Å². The van der Waals surface area contributed by atoms with Gasteiger partial charge in [-0.1, -0.05) is 46.8 Å². The minimum atomic E-state index is 0.632. The van der Waals surface area contributed by atoms with Crippen LogP contribution in [0.3, 0.4) is 0 Å². The van der Waals surface area contributed by atoms with E-state index in [4.69, 9.17) is 0 Å². The van der Waals surface area contributed by atoms with Gasteiger partial charge in [0.05, 0.1) is 0 Å². The predicted molar refractivity (Wildman–Crippen MR) is 66.4 cm³/mol. The van der Waals surface area contributed by atoms with E-state index in [1.165, 1.54) is 11.1 Å². The summed E-state index contributed by atoms with van der Waals surface area (Å²) >= 11 is 0. The minimum Gasteiger partial charge on any atom is -0.0839 e. The average molecular weight is 194 g/mol. The third-order valence-corrected chi connectivity index (χ3v) is 3.07. The van der Waals surface area contributed by atoms with Gasteiger partial charge in [-0.25, -0.2) is 0 Å². The molecule has 0 amide bonds. The molecule has 0 heterocycles. The van der Waals surface area contributed by atoms with E-state index in [1.807, 2.05) is 0 Å². The minimum absolute atomic E-state index is 0.632. The summed E-state index contributed by atoms with van der Waals surface area (Å²) in [6, 6.07) is 0. The second-order valence-electron chi connectivity index (χ2n) is 4.68. The normalized spacial score (nSPS) is 16.6. The summed E-state index contributed by atoms with van der Waals surface area (Å²) in [6.07, 6.45) is 4.54.